The highest BCUT2D eigenvalue weighted by molar-refractivity contribution is 8.01. The molecular weight excluding hydrogens is 615 g/mol. The first kappa shape index (κ1) is 30.4. The Labute approximate surface area is 278 Å². The third-order valence-electron chi connectivity index (χ3n) is 10.6. The summed E-state index contributed by atoms with van der Waals surface area (Å²) >= 11 is 3.44. The smallest absolute Gasteiger partial charge is 0.319 e. The number of ether oxygens (including phenoxy) is 2. The number of para-hydroxylation sites is 1. The van der Waals surface area contributed by atoms with E-state index < -0.39 is 6.29 Å². The van der Waals surface area contributed by atoms with Crippen molar-refractivity contribution in [3.8, 4) is 0 Å². The molecule has 0 spiro atoms. The normalized spacial score (nSPS) is 31.7. The first-order chi connectivity index (χ1) is 22.4. The van der Waals surface area contributed by atoms with E-state index in [1.807, 2.05) is 60.7 Å². The first-order valence-corrected chi connectivity index (χ1v) is 18.4. The van der Waals surface area contributed by atoms with Gasteiger partial charge in [-0.25, -0.2) is 9.78 Å². The largest absolute Gasteiger partial charge is 0.392 e. The summed E-state index contributed by atoms with van der Waals surface area (Å²) < 4.78 is 15.5. The maximum atomic E-state index is 13.2. The number of thioether (sulfide) groups is 1. The van der Waals surface area contributed by atoms with Gasteiger partial charge in [0.15, 0.2) is 10.6 Å². The zero-order valence-electron chi connectivity index (χ0n) is 26.1. The van der Waals surface area contributed by atoms with Crippen molar-refractivity contribution in [2.24, 2.45) is 23.7 Å². The van der Waals surface area contributed by atoms with E-state index >= 15 is 0 Å². The zero-order chi connectivity index (χ0) is 31.3. The number of fused-ring (bicyclic) bond motifs is 1. The lowest BCUT2D eigenvalue weighted by Gasteiger charge is -2.56. The van der Waals surface area contributed by atoms with Crippen molar-refractivity contribution >= 4 is 45.0 Å². The fourth-order valence-electron chi connectivity index (χ4n) is 8.77. The Hall–Kier alpha value is -2.95. The van der Waals surface area contributed by atoms with Crippen LogP contribution in [-0.4, -0.2) is 33.5 Å². The fraction of sp³-hybridized carbons (Fsp3) is 0.459. The van der Waals surface area contributed by atoms with Gasteiger partial charge < -0.3 is 25.2 Å². The van der Waals surface area contributed by atoms with Crippen molar-refractivity contribution in [3.63, 3.8) is 0 Å². The molecule has 9 rings (SSSR count). The summed E-state index contributed by atoms with van der Waals surface area (Å²) in [6.45, 7) is 2.19. The van der Waals surface area contributed by atoms with Crippen LogP contribution in [0.2, 0.25) is 0 Å². The van der Waals surface area contributed by atoms with Gasteiger partial charge in [0.25, 0.3) is 0 Å². The molecule has 1 aliphatic heterocycles. The maximum Gasteiger partial charge on any atom is 0.319 e. The summed E-state index contributed by atoms with van der Waals surface area (Å²) in [4.78, 5) is 18.0. The van der Waals surface area contributed by atoms with E-state index in [4.69, 9.17) is 14.5 Å². The molecule has 4 atom stereocenters. The summed E-state index contributed by atoms with van der Waals surface area (Å²) in [6, 6.07) is 24.0. The monoisotopic (exact) mass is 655 g/mol. The molecule has 240 valence electrons. The highest BCUT2D eigenvalue weighted by Crippen LogP contribution is 2.55. The topological polar surface area (TPSA) is 92.7 Å². The van der Waals surface area contributed by atoms with Crippen LogP contribution in [0.4, 0.5) is 10.5 Å². The van der Waals surface area contributed by atoms with Crippen LogP contribution in [0.15, 0.2) is 77.1 Å². The number of hydrogen-bond donors (Lipinski definition) is 3. The van der Waals surface area contributed by atoms with Crippen LogP contribution in [0.5, 0.6) is 0 Å². The Morgan fingerprint density at radius 1 is 0.935 bits per heavy atom. The lowest BCUT2D eigenvalue weighted by molar-refractivity contribution is -0.268. The number of amides is 2. The van der Waals surface area contributed by atoms with Crippen LogP contribution in [0.25, 0.3) is 10.2 Å². The van der Waals surface area contributed by atoms with Crippen LogP contribution in [0, 0.1) is 23.7 Å². The van der Waals surface area contributed by atoms with Crippen molar-refractivity contribution in [1.82, 2.24) is 10.3 Å². The Morgan fingerprint density at radius 3 is 2.28 bits per heavy atom. The zero-order valence-corrected chi connectivity index (χ0v) is 27.7. The van der Waals surface area contributed by atoms with E-state index in [9.17, 15) is 9.90 Å². The number of urea groups is 1. The number of benzene rings is 3. The second-order valence-electron chi connectivity index (χ2n) is 14.0. The van der Waals surface area contributed by atoms with Crippen LogP contribution < -0.4 is 10.6 Å². The molecule has 5 aliphatic rings. The number of aliphatic hydroxyl groups is 1. The third-order valence-corrected chi connectivity index (χ3v) is 12.9. The van der Waals surface area contributed by atoms with Gasteiger partial charge in [-0.2, -0.15) is 0 Å². The van der Waals surface area contributed by atoms with E-state index in [0.29, 0.717) is 0 Å². The van der Waals surface area contributed by atoms with E-state index in [1.165, 1.54) is 24.0 Å². The summed E-state index contributed by atoms with van der Waals surface area (Å²) in [5.41, 5.74) is 4.60. The second-order valence-corrected chi connectivity index (χ2v) is 16.3. The Balaban J connectivity index is 0.966. The van der Waals surface area contributed by atoms with Gasteiger partial charge in [0, 0.05) is 28.5 Å². The Bertz CT molecular complexity index is 1620. The van der Waals surface area contributed by atoms with Gasteiger partial charge >= 0.3 is 6.03 Å². The number of thiazole rings is 1. The number of aliphatic hydroxyl groups excluding tert-OH is 1. The average molecular weight is 656 g/mol. The molecule has 2 amide bonds. The molecular formula is C37H41N3O4S2. The predicted molar refractivity (Wildman–Crippen MR) is 183 cm³/mol. The molecule has 3 N–H and O–H groups in total. The average Bonchev–Trinajstić information content (AvgIpc) is 3.47. The number of aromatic nitrogens is 1. The molecule has 3 aromatic carbocycles. The van der Waals surface area contributed by atoms with Crippen LogP contribution in [0.3, 0.4) is 0 Å². The van der Waals surface area contributed by atoms with Crippen LogP contribution in [0.1, 0.15) is 74.5 Å². The van der Waals surface area contributed by atoms with Crippen molar-refractivity contribution in [2.45, 2.75) is 80.4 Å². The molecule has 0 unspecified atom stereocenters. The fourth-order valence-corrected chi connectivity index (χ4v) is 11.0. The summed E-state index contributed by atoms with van der Waals surface area (Å²) in [5.74, 6) is 3.18. The predicted octanol–water partition coefficient (Wildman–Crippen LogP) is 8.46. The van der Waals surface area contributed by atoms with Crippen molar-refractivity contribution < 1.29 is 19.4 Å². The minimum atomic E-state index is -0.561. The van der Waals surface area contributed by atoms with Gasteiger partial charge in [-0.3, -0.25) is 0 Å². The summed E-state index contributed by atoms with van der Waals surface area (Å²) in [7, 11) is 0. The number of nitrogens with zero attached hydrogens (tertiary/aromatic N) is 1. The number of hydrogen-bond acceptors (Lipinski definition) is 7. The molecule has 2 heterocycles. The Morgan fingerprint density at radius 2 is 1.61 bits per heavy atom. The molecule has 1 saturated heterocycles. The van der Waals surface area contributed by atoms with Gasteiger partial charge in [-0.1, -0.05) is 67.2 Å². The Kier molecular flexibility index (Phi) is 8.31. The highest BCUT2D eigenvalue weighted by atomic mass is 32.2. The van der Waals surface area contributed by atoms with Crippen molar-refractivity contribution in [3.05, 3.63) is 89.5 Å². The molecule has 4 aliphatic carbocycles. The van der Waals surface area contributed by atoms with Gasteiger partial charge in [0.2, 0.25) is 0 Å². The van der Waals surface area contributed by atoms with Gasteiger partial charge in [0.1, 0.15) is 0 Å². The molecule has 5 fully saturated rings. The van der Waals surface area contributed by atoms with E-state index in [1.54, 1.807) is 23.1 Å². The minimum Gasteiger partial charge on any atom is -0.392 e. The van der Waals surface area contributed by atoms with Gasteiger partial charge in [-0.05, 0) is 91.7 Å². The van der Waals surface area contributed by atoms with Crippen molar-refractivity contribution in [2.75, 3.05) is 11.1 Å². The maximum absolute atomic E-state index is 13.2. The lowest BCUT2D eigenvalue weighted by atomic mass is 9.53. The van der Waals surface area contributed by atoms with Crippen molar-refractivity contribution in [1.29, 1.82) is 0 Å². The minimum absolute atomic E-state index is 0.00940. The lowest BCUT2D eigenvalue weighted by Crippen LogP contribution is -2.60. The molecule has 9 heteroatoms. The molecule has 4 saturated carbocycles. The molecule has 46 heavy (non-hydrogen) atoms. The first-order valence-electron chi connectivity index (χ1n) is 16.6. The molecule has 7 nitrogen and oxygen atoms in total. The summed E-state index contributed by atoms with van der Waals surface area (Å²) in [6.07, 6.45) is 6.61. The van der Waals surface area contributed by atoms with Gasteiger partial charge in [0.05, 0.1) is 29.0 Å². The molecule has 1 aromatic heterocycles. The van der Waals surface area contributed by atoms with E-state index in [0.717, 1.165) is 75.0 Å². The number of anilines is 1. The summed E-state index contributed by atoms with van der Waals surface area (Å²) in [5, 5.41) is 16.1. The number of carbonyl (C=O) groups excluding carboxylic acids is 1. The van der Waals surface area contributed by atoms with E-state index in [2.05, 4.69) is 29.7 Å². The number of nitrogens with one attached hydrogen (secondary N) is 2. The highest BCUT2D eigenvalue weighted by Gasteiger charge is 2.51. The van der Waals surface area contributed by atoms with Crippen LogP contribution in [-0.2, 0) is 16.1 Å². The quantitative estimate of drug-likeness (QED) is 0.165. The molecule has 0 radical (unpaired) electrons. The number of carbonyl (C=O) groups is 1. The van der Waals surface area contributed by atoms with Gasteiger partial charge in [-0.15, -0.1) is 11.3 Å². The third kappa shape index (κ3) is 6.20. The standard InChI is InChI=1S/C37H41N3O4S2/c1-22-31(21-45-36-39-30-4-2-3-5-32(30)46-36)43-34(44-33(22)27-8-6-23(20-41)7-9-27)28-10-12-29(13-11-28)38-35(42)40-37-17-24-14-25(18-37)16-26(15-24)19-37/h2-13,22,24-26,31,33-34,41H,14-21H2,1H3,(H2,38,40,42)/t22-,24?,25?,26?,31+,33+,34+,37?/m0/s1. The second kappa shape index (κ2) is 12.6. The van der Waals surface area contributed by atoms with E-state index in [-0.39, 0.29) is 36.3 Å². The van der Waals surface area contributed by atoms with Crippen LogP contribution >= 0.6 is 23.1 Å². The molecule has 4 aromatic rings. The molecule has 4 bridgehead atoms. The number of rotatable bonds is 8. The SMILES string of the molecule is C[C@H]1[C@@H](CSc2nc3ccccc3s2)O[C@@H](c2ccc(NC(=O)NC34CC5CC(CC(C5)C3)C4)cc2)O[C@H]1c1ccc(CO)cc1.